The molecule has 0 aliphatic heterocycles. The molecule has 0 radical (unpaired) electrons. The zero-order valence-electron chi connectivity index (χ0n) is 33.9. The summed E-state index contributed by atoms with van der Waals surface area (Å²) < 4.78 is 16.6. The molecule has 0 amide bonds. The Bertz CT molecular complexity index is 751. The normalized spacial score (nSPS) is 11.9. The van der Waals surface area contributed by atoms with Gasteiger partial charge in [0.05, 0.1) is 0 Å². The van der Waals surface area contributed by atoms with Crippen molar-refractivity contribution >= 4 is 17.9 Å². The van der Waals surface area contributed by atoms with Crippen LogP contribution in [0.3, 0.4) is 0 Å². The molecule has 0 fully saturated rings. The third kappa shape index (κ3) is 37.7. The second-order valence-corrected chi connectivity index (χ2v) is 15.5. The molecule has 0 saturated carbocycles. The monoisotopic (exact) mass is 709 g/mol. The van der Waals surface area contributed by atoms with Crippen LogP contribution in [-0.4, -0.2) is 37.2 Å². The Balaban J connectivity index is 4.19. The zero-order chi connectivity index (χ0) is 36.8. The van der Waals surface area contributed by atoms with Crippen LogP contribution in [0.25, 0.3) is 0 Å². The lowest BCUT2D eigenvalue weighted by Gasteiger charge is -2.18. The van der Waals surface area contributed by atoms with Crippen molar-refractivity contribution in [2.75, 3.05) is 13.2 Å². The lowest BCUT2D eigenvalue weighted by molar-refractivity contribution is -0.167. The van der Waals surface area contributed by atoms with Gasteiger partial charge in [-0.25, -0.2) is 0 Å². The fraction of sp³-hybridized carbons (Fsp3) is 0.932. The number of hydrogen-bond acceptors (Lipinski definition) is 6. The van der Waals surface area contributed by atoms with Gasteiger partial charge in [-0.1, -0.05) is 201 Å². The number of carbonyl (C=O) groups excluding carboxylic acids is 3. The zero-order valence-corrected chi connectivity index (χ0v) is 33.9. The van der Waals surface area contributed by atoms with Gasteiger partial charge in [-0.2, -0.15) is 0 Å². The number of rotatable bonds is 39. The number of hydrogen-bond donors (Lipinski definition) is 0. The second kappa shape index (κ2) is 38.6. The van der Waals surface area contributed by atoms with E-state index in [4.69, 9.17) is 14.2 Å². The maximum atomic E-state index is 12.6. The van der Waals surface area contributed by atoms with E-state index in [1.165, 1.54) is 128 Å². The van der Waals surface area contributed by atoms with E-state index in [0.717, 1.165) is 70.1 Å². The Morgan fingerprint density at radius 1 is 0.380 bits per heavy atom. The lowest BCUT2D eigenvalue weighted by atomic mass is 10.0. The highest BCUT2D eigenvalue weighted by Gasteiger charge is 2.19. The fourth-order valence-corrected chi connectivity index (χ4v) is 6.45. The number of carbonyl (C=O) groups is 3. The topological polar surface area (TPSA) is 78.9 Å². The van der Waals surface area contributed by atoms with Gasteiger partial charge < -0.3 is 14.2 Å². The molecule has 0 saturated heterocycles. The molecule has 6 nitrogen and oxygen atoms in total. The molecule has 0 unspecified atom stereocenters. The first-order valence-electron chi connectivity index (χ1n) is 21.9. The highest BCUT2D eigenvalue weighted by Crippen LogP contribution is 2.16. The van der Waals surface area contributed by atoms with Gasteiger partial charge in [0, 0.05) is 19.3 Å². The van der Waals surface area contributed by atoms with Crippen LogP contribution in [0, 0.1) is 5.92 Å². The summed E-state index contributed by atoms with van der Waals surface area (Å²) in [7, 11) is 0. The Kier molecular flexibility index (Phi) is 37.4. The summed E-state index contributed by atoms with van der Waals surface area (Å²) in [6.45, 7) is 8.88. The van der Waals surface area contributed by atoms with Crippen LogP contribution < -0.4 is 0 Å². The summed E-state index contributed by atoms with van der Waals surface area (Å²) in [6, 6.07) is 0. The van der Waals surface area contributed by atoms with E-state index in [9.17, 15) is 14.4 Å². The molecule has 0 spiro atoms. The van der Waals surface area contributed by atoms with E-state index in [0.29, 0.717) is 19.3 Å². The SMILES string of the molecule is CCCCCCCCCCCCCCCCCCC(=O)O[C@@H](COC(=O)CCCCCCC)COC(=O)CCCCCCCCCCC(C)C. The van der Waals surface area contributed by atoms with E-state index < -0.39 is 6.10 Å². The smallest absolute Gasteiger partial charge is 0.306 e. The molecule has 50 heavy (non-hydrogen) atoms. The highest BCUT2D eigenvalue weighted by molar-refractivity contribution is 5.71. The van der Waals surface area contributed by atoms with Gasteiger partial charge in [-0.15, -0.1) is 0 Å². The molecular weight excluding hydrogens is 624 g/mol. The summed E-state index contributed by atoms with van der Waals surface area (Å²) in [5, 5.41) is 0. The van der Waals surface area contributed by atoms with E-state index in [2.05, 4.69) is 27.7 Å². The minimum atomic E-state index is -0.757. The van der Waals surface area contributed by atoms with Gasteiger partial charge in [0.2, 0.25) is 0 Å². The second-order valence-electron chi connectivity index (χ2n) is 15.5. The quantitative estimate of drug-likeness (QED) is 0.0359. The summed E-state index contributed by atoms with van der Waals surface area (Å²) >= 11 is 0. The van der Waals surface area contributed by atoms with Gasteiger partial charge in [0.1, 0.15) is 13.2 Å². The van der Waals surface area contributed by atoms with Crippen molar-refractivity contribution in [2.45, 2.75) is 246 Å². The maximum Gasteiger partial charge on any atom is 0.306 e. The first-order chi connectivity index (χ1) is 24.4. The van der Waals surface area contributed by atoms with Gasteiger partial charge in [-0.3, -0.25) is 14.4 Å². The van der Waals surface area contributed by atoms with Gasteiger partial charge >= 0.3 is 17.9 Å². The third-order valence-electron chi connectivity index (χ3n) is 9.79. The van der Waals surface area contributed by atoms with Crippen molar-refractivity contribution in [3.8, 4) is 0 Å². The predicted octanol–water partition coefficient (Wildman–Crippen LogP) is 13.6. The molecule has 0 aliphatic carbocycles. The fourth-order valence-electron chi connectivity index (χ4n) is 6.45. The van der Waals surface area contributed by atoms with Gasteiger partial charge in [-0.05, 0) is 25.2 Å². The van der Waals surface area contributed by atoms with Crippen LogP contribution in [0.1, 0.15) is 240 Å². The van der Waals surface area contributed by atoms with Crippen molar-refractivity contribution in [3.05, 3.63) is 0 Å². The molecule has 0 aliphatic rings. The molecule has 0 bridgehead atoms. The van der Waals surface area contributed by atoms with Crippen LogP contribution in [0.5, 0.6) is 0 Å². The maximum absolute atomic E-state index is 12.6. The Hall–Kier alpha value is -1.59. The summed E-state index contributed by atoms with van der Waals surface area (Å²) in [5.74, 6) is -0.0756. The van der Waals surface area contributed by atoms with Crippen LogP contribution in [0.4, 0.5) is 0 Å². The molecule has 0 N–H and O–H groups in total. The average Bonchev–Trinajstić information content (AvgIpc) is 3.09. The van der Waals surface area contributed by atoms with Crippen molar-refractivity contribution in [1.29, 1.82) is 0 Å². The molecule has 296 valence electrons. The molecule has 0 aromatic carbocycles. The molecule has 0 heterocycles. The van der Waals surface area contributed by atoms with E-state index >= 15 is 0 Å². The van der Waals surface area contributed by atoms with Crippen molar-refractivity contribution in [3.63, 3.8) is 0 Å². The molecule has 0 rings (SSSR count). The largest absolute Gasteiger partial charge is 0.462 e. The lowest BCUT2D eigenvalue weighted by Crippen LogP contribution is -2.30. The van der Waals surface area contributed by atoms with Crippen LogP contribution >= 0.6 is 0 Å². The van der Waals surface area contributed by atoms with Crippen LogP contribution in [-0.2, 0) is 28.6 Å². The third-order valence-corrected chi connectivity index (χ3v) is 9.79. The molecular formula is C44H84O6. The van der Waals surface area contributed by atoms with Crippen molar-refractivity contribution in [1.82, 2.24) is 0 Å². The number of esters is 3. The van der Waals surface area contributed by atoms with Gasteiger partial charge in [0.15, 0.2) is 6.10 Å². The number of ether oxygens (including phenoxy) is 3. The average molecular weight is 709 g/mol. The minimum absolute atomic E-state index is 0.0658. The number of unbranched alkanes of at least 4 members (excludes halogenated alkanes) is 26. The Morgan fingerprint density at radius 3 is 0.980 bits per heavy atom. The molecule has 0 aromatic heterocycles. The van der Waals surface area contributed by atoms with Crippen LogP contribution in [0.2, 0.25) is 0 Å². The summed E-state index contributed by atoms with van der Waals surface area (Å²) in [5.41, 5.74) is 0. The molecule has 0 aromatic rings. The van der Waals surface area contributed by atoms with E-state index in [1.54, 1.807) is 0 Å². The Morgan fingerprint density at radius 2 is 0.660 bits per heavy atom. The first-order valence-corrected chi connectivity index (χ1v) is 21.9. The standard InChI is InChI=1S/C44H84O6/c1-5-7-9-11-12-13-14-15-16-17-18-19-20-25-29-33-37-44(47)50-41(38-48-42(45)35-31-26-10-8-6-2)39-49-43(46)36-32-28-24-22-21-23-27-30-34-40(3)4/h40-41H,5-39H2,1-4H3/t41-/m0/s1. The minimum Gasteiger partial charge on any atom is -0.462 e. The highest BCUT2D eigenvalue weighted by atomic mass is 16.6. The summed E-state index contributed by atoms with van der Waals surface area (Å²) in [4.78, 5) is 37.4. The Labute approximate surface area is 310 Å². The van der Waals surface area contributed by atoms with E-state index in [1.807, 2.05) is 0 Å². The first kappa shape index (κ1) is 48.4. The van der Waals surface area contributed by atoms with Gasteiger partial charge in [0.25, 0.3) is 0 Å². The van der Waals surface area contributed by atoms with Crippen molar-refractivity contribution in [2.24, 2.45) is 5.92 Å². The van der Waals surface area contributed by atoms with Crippen LogP contribution in [0.15, 0.2) is 0 Å². The van der Waals surface area contributed by atoms with E-state index in [-0.39, 0.29) is 31.1 Å². The van der Waals surface area contributed by atoms with Crippen molar-refractivity contribution < 1.29 is 28.6 Å². The molecule has 6 heteroatoms. The molecule has 1 atom stereocenters. The predicted molar refractivity (Wildman–Crippen MR) is 210 cm³/mol. The summed E-state index contributed by atoms with van der Waals surface area (Å²) in [6.07, 6.45) is 36.9.